The number of aliphatic hydroxyl groups is 1. The molecule has 0 heterocycles. The molecule has 2 unspecified atom stereocenters. The van der Waals surface area contributed by atoms with Gasteiger partial charge in [0.25, 0.3) is 0 Å². The number of aliphatic hydroxyl groups excluding tert-OH is 1. The number of benzene rings is 1. The van der Waals surface area contributed by atoms with Gasteiger partial charge in [-0.15, -0.1) is 0 Å². The summed E-state index contributed by atoms with van der Waals surface area (Å²) in [6, 6.07) is 8.46. The summed E-state index contributed by atoms with van der Waals surface area (Å²) < 4.78 is 0. The van der Waals surface area contributed by atoms with E-state index in [4.69, 9.17) is 11.6 Å². The molecule has 0 aromatic heterocycles. The van der Waals surface area contributed by atoms with E-state index >= 15 is 0 Å². The maximum absolute atomic E-state index is 9.72. The molecule has 1 aromatic carbocycles. The SMILES string of the molecule is C[C@H](NC1CC(O)C1(C)C)c1ccccc1Cl. The Hall–Kier alpha value is -0.570. The zero-order valence-electron chi connectivity index (χ0n) is 10.6. The smallest absolute Gasteiger partial charge is 0.0621 e. The van der Waals surface area contributed by atoms with Crippen molar-refractivity contribution in [2.45, 2.75) is 45.4 Å². The lowest BCUT2D eigenvalue weighted by molar-refractivity contribution is -0.0754. The standard InChI is InChI=1S/C14H20ClNO/c1-9(10-6-4-5-7-11(10)15)16-12-8-13(17)14(12,2)3/h4-7,9,12-13,16-17H,8H2,1-3H3/t9-,12?,13?/m0/s1. The predicted octanol–water partition coefficient (Wildman–Crippen LogP) is 3.15. The summed E-state index contributed by atoms with van der Waals surface area (Å²) >= 11 is 6.17. The van der Waals surface area contributed by atoms with Gasteiger partial charge in [0.2, 0.25) is 0 Å². The summed E-state index contributed by atoms with van der Waals surface area (Å²) in [5, 5.41) is 14.1. The molecule has 0 amide bonds. The topological polar surface area (TPSA) is 32.3 Å². The molecule has 2 rings (SSSR count). The number of halogens is 1. The van der Waals surface area contributed by atoms with Crippen LogP contribution in [-0.2, 0) is 0 Å². The van der Waals surface area contributed by atoms with Gasteiger partial charge in [-0.25, -0.2) is 0 Å². The second kappa shape index (κ2) is 4.60. The summed E-state index contributed by atoms with van der Waals surface area (Å²) in [7, 11) is 0. The van der Waals surface area contributed by atoms with Crippen molar-refractivity contribution < 1.29 is 5.11 Å². The summed E-state index contributed by atoms with van der Waals surface area (Å²) in [6.45, 7) is 6.30. The molecule has 0 saturated heterocycles. The van der Waals surface area contributed by atoms with Crippen molar-refractivity contribution in [2.24, 2.45) is 5.41 Å². The fourth-order valence-corrected chi connectivity index (χ4v) is 2.70. The zero-order chi connectivity index (χ0) is 12.6. The van der Waals surface area contributed by atoms with Crippen molar-refractivity contribution >= 4 is 11.6 Å². The second-order valence-electron chi connectivity index (χ2n) is 5.54. The van der Waals surface area contributed by atoms with Crippen molar-refractivity contribution in [3.05, 3.63) is 34.9 Å². The van der Waals surface area contributed by atoms with E-state index in [1.165, 1.54) is 0 Å². The molecule has 3 atom stereocenters. The highest BCUT2D eigenvalue weighted by atomic mass is 35.5. The monoisotopic (exact) mass is 253 g/mol. The average molecular weight is 254 g/mol. The van der Waals surface area contributed by atoms with Crippen LogP contribution in [0.2, 0.25) is 5.02 Å². The summed E-state index contributed by atoms with van der Waals surface area (Å²) in [5.41, 5.74) is 1.07. The van der Waals surface area contributed by atoms with Crippen molar-refractivity contribution in [1.29, 1.82) is 0 Å². The average Bonchev–Trinajstić information content (AvgIpc) is 2.29. The first-order valence-electron chi connectivity index (χ1n) is 6.11. The maximum atomic E-state index is 9.72. The van der Waals surface area contributed by atoms with Crippen molar-refractivity contribution in [1.82, 2.24) is 5.32 Å². The molecular weight excluding hydrogens is 234 g/mol. The van der Waals surface area contributed by atoms with Crippen LogP contribution in [0.1, 0.15) is 38.8 Å². The molecule has 1 aromatic rings. The molecule has 0 aliphatic heterocycles. The molecule has 17 heavy (non-hydrogen) atoms. The van der Waals surface area contributed by atoms with E-state index in [1.54, 1.807) is 0 Å². The van der Waals surface area contributed by atoms with Gasteiger partial charge in [0.1, 0.15) is 0 Å². The Kier molecular flexibility index (Phi) is 3.48. The van der Waals surface area contributed by atoms with E-state index in [-0.39, 0.29) is 17.6 Å². The Morgan fingerprint density at radius 3 is 2.59 bits per heavy atom. The molecular formula is C14H20ClNO. The fourth-order valence-electron chi connectivity index (χ4n) is 2.40. The highest BCUT2D eigenvalue weighted by Gasteiger charge is 2.47. The fraction of sp³-hybridized carbons (Fsp3) is 0.571. The van der Waals surface area contributed by atoms with Gasteiger partial charge in [-0.1, -0.05) is 43.6 Å². The third kappa shape index (κ3) is 2.35. The van der Waals surface area contributed by atoms with Gasteiger partial charge < -0.3 is 10.4 Å². The van der Waals surface area contributed by atoms with Gasteiger partial charge in [-0.3, -0.25) is 0 Å². The van der Waals surface area contributed by atoms with Gasteiger partial charge in [-0.2, -0.15) is 0 Å². The van der Waals surface area contributed by atoms with E-state index < -0.39 is 0 Å². The number of hydrogen-bond acceptors (Lipinski definition) is 2. The number of nitrogens with one attached hydrogen (secondary N) is 1. The van der Waals surface area contributed by atoms with Crippen LogP contribution >= 0.6 is 11.6 Å². The molecule has 1 aliphatic carbocycles. The summed E-state index contributed by atoms with van der Waals surface area (Å²) in [4.78, 5) is 0. The van der Waals surface area contributed by atoms with E-state index in [9.17, 15) is 5.11 Å². The van der Waals surface area contributed by atoms with E-state index in [0.29, 0.717) is 6.04 Å². The molecule has 3 heteroatoms. The summed E-state index contributed by atoms with van der Waals surface area (Å²) in [6.07, 6.45) is 0.625. The zero-order valence-corrected chi connectivity index (χ0v) is 11.3. The van der Waals surface area contributed by atoms with E-state index in [2.05, 4.69) is 26.1 Å². The van der Waals surface area contributed by atoms with Crippen molar-refractivity contribution in [2.75, 3.05) is 0 Å². The Morgan fingerprint density at radius 1 is 1.41 bits per heavy atom. The second-order valence-corrected chi connectivity index (χ2v) is 5.94. The molecule has 1 aliphatic rings. The minimum absolute atomic E-state index is 0.0461. The number of hydrogen-bond donors (Lipinski definition) is 2. The molecule has 0 bridgehead atoms. The lowest BCUT2D eigenvalue weighted by Gasteiger charge is -2.50. The molecule has 0 spiro atoms. The molecule has 0 radical (unpaired) electrons. The van der Waals surface area contributed by atoms with Crippen LogP contribution in [0, 0.1) is 5.41 Å². The highest BCUT2D eigenvalue weighted by Crippen LogP contribution is 2.41. The van der Waals surface area contributed by atoms with Crippen LogP contribution in [0.3, 0.4) is 0 Å². The van der Waals surface area contributed by atoms with Gasteiger partial charge >= 0.3 is 0 Å². The number of rotatable bonds is 3. The van der Waals surface area contributed by atoms with Gasteiger partial charge in [-0.05, 0) is 25.0 Å². The minimum Gasteiger partial charge on any atom is -0.392 e. The Bertz CT molecular complexity index is 405. The molecule has 2 nitrogen and oxygen atoms in total. The third-order valence-electron chi connectivity index (χ3n) is 4.04. The Morgan fingerprint density at radius 2 is 2.06 bits per heavy atom. The van der Waals surface area contributed by atoms with Crippen LogP contribution < -0.4 is 5.32 Å². The first kappa shape index (κ1) is 12.9. The first-order valence-corrected chi connectivity index (χ1v) is 6.49. The molecule has 2 N–H and O–H groups in total. The molecule has 94 valence electrons. The Labute approximate surface area is 108 Å². The maximum Gasteiger partial charge on any atom is 0.0621 e. The molecule has 1 fully saturated rings. The predicted molar refractivity (Wildman–Crippen MR) is 71.2 cm³/mol. The minimum atomic E-state index is -0.196. The van der Waals surface area contributed by atoms with Crippen molar-refractivity contribution in [3.8, 4) is 0 Å². The van der Waals surface area contributed by atoms with E-state index in [0.717, 1.165) is 17.0 Å². The lowest BCUT2D eigenvalue weighted by Crippen LogP contribution is -2.60. The lowest BCUT2D eigenvalue weighted by atomic mass is 9.64. The van der Waals surface area contributed by atoms with Crippen LogP contribution in [0.5, 0.6) is 0 Å². The van der Waals surface area contributed by atoms with Crippen LogP contribution in [0.4, 0.5) is 0 Å². The van der Waals surface area contributed by atoms with Crippen LogP contribution in [-0.4, -0.2) is 17.3 Å². The largest absolute Gasteiger partial charge is 0.392 e. The van der Waals surface area contributed by atoms with Gasteiger partial charge in [0, 0.05) is 22.5 Å². The molecule has 1 saturated carbocycles. The first-order chi connectivity index (χ1) is 7.93. The van der Waals surface area contributed by atoms with Crippen molar-refractivity contribution in [3.63, 3.8) is 0 Å². The summed E-state index contributed by atoms with van der Waals surface area (Å²) in [5.74, 6) is 0. The quantitative estimate of drug-likeness (QED) is 0.867. The van der Waals surface area contributed by atoms with Crippen LogP contribution in [0.25, 0.3) is 0 Å². The van der Waals surface area contributed by atoms with Crippen LogP contribution in [0.15, 0.2) is 24.3 Å². The van der Waals surface area contributed by atoms with E-state index in [1.807, 2.05) is 24.3 Å². The third-order valence-corrected chi connectivity index (χ3v) is 4.38. The van der Waals surface area contributed by atoms with Gasteiger partial charge in [0.15, 0.2) is 0 Å². The highest BCUT2D eigenvalue weighted by molar-refractivity contribution is 6.31. The normalized spacial score (nSPS) is 28.5. The van der Waals surface area contributed by atoms with Gasteiger partial charge in [0.05, 0.1) is 6.10 Å². The Balaban J connectivity index is 2.04.